The predicted octanol–water partition coefficient (Wildman–Crippen LogP) is 4.99. The summed E-state index contributed by atoms with van der Waals surface area (Å²) >= 11 is 0. The zero-order valence-electron chi connectivity index (χ0n) is 11.6. The van der Waals surface area contributed by atoms with Crippen LogP contribution in [0.5, 0.6) is 0 Å². The van der Waals surface area contributed by atoms with E-state index in [-0.39, 0.29) is 0 Å². The Balaban J connectivity index is 2.49. The van der Waals surface area contributed by atoms with Crippen molar-refractivity contribution in [1.82, 2.24) is 0 Å². The topological polar surface area (TPSA) is 0 Å². The molecule has 0 nitrogen and oxygen atoms in total. The van der Waals surface area contributed by atoms with Crippen LogP contribution in [0.4, 0.5) is 0 Å². The zero-order chi connectivity index (χ0) is 11.6. The van der Waals surface area contributed by atoms with E-state index in [0.717, 1.165) is 35.5 Å². The fraction of sp³-hybridized carbons (Fsp3) is 1.00. The van der Waals surface area contributed by atoms with Gasteiger partial charge in [-0.3, -0.25) is 0 Å². The Morgan fingerprint density at radius 2 is 1.47 bits per heavy atom. The maximum Gasteiger partial charge on any atom is -0.0355 e. The minimum absolute atomic E-state index is 0.897. The van der Waals surface area contributed by atoms with Crippen molar-refractivity contribution in [2.45, 2.75) is 60.8 Å². The van der Waals surface area contributed by atoms with Crippen LogP contribution in [0.25, 0.3) is 0 Å². The van der Waals surface area contributed by atoms with Gasteiger partial charge in [0.2, 0.25) is 0 Å². The molecule has 0 radical (unpaired) electrons. The highest BCUT2D eigenvalue weighted by atomic mass is 14.4. The molecule has 0 aromatic heterocycles. The van der Waals surface area contributed by atoms with Crippen molar-refractivity contribution in [3.63, 3.8) is 0 Å². The highest BCUT2D eigenvalue weighted by Gasteiger charge is 2.38. The lowest BCUT2D eigenvalue weighted by molar-refractivity contribution is 0.0347. The van der Waals surface area contributed by atoms with Gasteiger partial charge in [-0.2, -0.15) is 0 Å². The first-order valence-electron chi connectivity index (χ1n) is 6.99. The van der Waals surface area contributed by atoms with E-state index in [9.17, 15) is 0 Å². The van der Waals surface area contributed by atoms with Gasteiger partial charge in [0, 0.05) is 0 Å². The van der Waals surface area contributed by atoms with Crippen molar-refractivity contribution in [3.8, 4) is 0 Å². The summed E-state index contributed by atoms with van der Waals surface area (Å²) in [5, 5.41) is 0. The third-order valence-electron chi connectivity index (χ3n) is 5.29. The molecule has 0 aromatic rings. The first-order chi connectivity index (χ1) is 6.99. The summed E-state index contributed by atoms with van der Waals surface area (Å²) in [5.74, 6) is 5.67. The Morgan fingerprint density at radius 3 is 1.80 bits per heavy atom. The molecule has 0 aromatic carbocycles. The van der Waals surface area contributed by atoms with E-state index in [1.54, 1.807) is 0 Å². The summed E-state index contributed by atoms with van der Waals surface area (Å²) in [7, 11) is 0. The van der Waals surface area contributed by atoms with Crippen LogP contribution in [0, 0.1) is 35.5 Å². The van der Waals surface area contributed by atoms with Crippen LogP contribution in [0.2, 0.25) is 0 Å². The Hall–Kier alpha value is 0. The Labute approximate surface area is 96.8 Å². The van der Waals surface area contributed by atoms with Crippen LogP contribution in [0.15, 0.2) is 0 Å². The molecule has 1 aliphatic rings. The monoisotopic (exact) mass is 210 g/mol. The van der Waals surface area contributed by atoms with Crippen LogP contribution in [-0.2, 0) is 0 Å². The molecule has 0 N–H and O–H groups in total. The lowest BCUT2D eigenvalue weighted by Gasteiger charge is -2.46. The molecular weight excluding hydrogens is 180 g/mol. The highest BCUT2D eigenvalue weighted by Crippen LogP contribution is 2.47. The molecule has 1 fully saturated rings. The van der Waals surface area contributed by atoms with Gasteiger partial charge in [-0.1, -0.05) is 48.0 Å². The van der Waals surface area contributed by atoms with E-state index >= 15 is 0 Å². The van der Waals surface area contributed by atoms with E-state index in [1.165, 1.54) is 19.3 Å². The fourth-order valence-corrected chi connectivity index (χ4v) is 3.31. The molecular formula is C15H30. The molecule has 5 unspecified atom stereocenters. The van der Waals surface area contributed by atoms with Gasteiger partial charge in [-0.05, 0) is 48.3 Å². The van der Waals surface area contributed by atoms with Crippen LogP contribution >= 0.6 is 0 Å². The van der Waals surface area contributed by atoms with E-state index in [1.807, 2.05) is 0 Å². The minimum Gasteiger partial charge on any atom is -0.0651 e. The first kappa shape index (κ1) is 13.1. The Morgan fingerprint density at radius 1 is 0.933 bits per heavy atom. The van der Waals surface area contributed by atoms with Crippen LogP contribution in [0.1, 0.15) is 60.8 Å². The molecule has 0 heterocycles. The summed E-state index contributed by atoms with van der Waals surface area (Å²) in [6.07, 6.45) is 4.31. The van der Waals surface area contributed by atoms with Crippen molar-refractivity contribution in [1.29, 1.82) is 0 Å². The average Bonchev–Trinajstić information content (AvgIpc) is 2.12. The molecule has 0 saturated heterocycles. The lowest BCUT2D eigenvalue weighted by Crippen LogP contribution is -2.38. The van der Waals surface area contributed by atoms with Gasteiger partial charge in [-0.15, -0.1) is 0 Å². The normalized spacial score (nSPS) is 32.2. The standard InChI is InChI=1S/C15H30/c1-7-11(4)12(5)13(6)15-9-8-14(15)10(2)3/h10-15H,7-9H2,1-6H3. The molecule has 15 heavy (non-hydrogen) atoms. The summed E-state index contributed by atoms with van der Waals surface area (Å²) < 4.78 is 0. The minimum atomic E-state index is 0.897. The zero-order valence-corrected chi connectivity index (χ0v) is 11.6. The second-order valence-electron chi connectivity index (χ2n) is 6.25. The molecule has 0 spiro atoms. The quantitative estimate of drug-likeness (QED) is 0.600. The third kappa shape index (κ3) is 2.77. The molecule has 1 saturated carbocycles. The van der Waals surface area contributed by atoms with E-state index < -0.39 is 0 Å². The average molecular weight is 210 g/mol. The molecule has 0 heteroatoms. The van der Waals surface area contributed by atoms with Crippen LogP contribution < -0.4 is 0 Å². The largest absolute Gasteiger partial charge is 0.0651 e. The van der Waals surface area contributed by atoms with Gasteiger partial charge < -0.3 is 0 Å². The number of hydrogen-bond donors (Lipinski definition) is 0. The van der Waals surface area contributed by atoms with Crippen molar-refractivity contribution in [2.75, 3.05) is 0 Å². The lowest BCUT2D eigenvalue weighted by atomic mass is 9.59. The number of rotatable bonds is 5. The van der Waals surface area contributed by atoms with Gasteiger partial charge in [-0.25, -0.2) is 0 Å². The fourth-order valence-electron chi connectivity index (χ4n) is 3.31. The summed E-state index contributed by atoms with van der Waals surface area (Å²) in [6.45, 7) is 14.5. The van der Waals surface area contributed by atoms with Crippen molar-refractivity contribution in [2.24, 2.45) is 35.5 Å². The highest BCUT2D eigenvalue weighted by molar-refractivity contribution is 4.88. The molecule has 1 aliphatic carbocycles. The van der Waals surface area contributed by atoms with E-state index in [4.69, 9.17) is 0 Å². The van der Waals surface area contributed by atoms with Crippen LogP contribution in [0.3, 0.4) is 0 Å². The van der Waals surface area contributed by atoms with Gasteiger partial charge in [0.15, 0.2) is 0 Å². The van der Waals surface area contributed by atoms with Gasteiger partial charge in [0.1, 0.15) is 0 Å². The van der Waals surface area contributed by atoms with Crippen molar-refractivity contribution < 1.29 is 0 Å². The molecule has 1 rings (SSSR count). The van der Waals surface area contributed by atoms with E-state index in [0.29, 0.717) is 0 Å². The maximum absolute atomic E-state index is 2.50. The predicted molar refractivity (Wildman–Crippen MR) is 68.8 cm³/mol. The van der Waals surface area contributed by atoms with Gasteiger partial charge in [0.25, 0.3) is 0 Å². The third-order valence-corrected chi connectivity index (χ3v) is 5.29. The summed E-state index contributed by atoms with van der Waals surface area (Å²) in [5.41, 5.74) is 0. The number of hydrogen-bond acceptors (Lipinski definition) is 0. The molecule has 90 valence electrons. The molecule has 0 aliphatic heterocycles. The van der Waals surface area contributed by atoms with Gasteiger partial charge >= 0.3 is 0 Å². The summed E-state index contributed by atoms with van der Waals surface area (Å²) in [6, 6.07) is 0. The van der Waals surface area contributed by atoms with Crippen molar-refractivity contribution >= 4 is 0 Å². The molecule has 0 amide bonds. The first-order valence-corrected chi connectivity index (χ1v) is 6.99. The van der Waals surface area contributed by atoms with Gasteiger partial charge in [0.05, 0.1) is 0 Å². The van der Waals surface area contributed by atoms with Crippen LogP contribution in [-0.4, -0.2) is 0 Å². The van der Waals surface area contributed by atoms with Crippen molar-refractivity contribution in [3.05, 3.63) is 0 Å². The van der Waals surface area contributed by atoms with E-state index in [2.05, 4.69) is 41.5 Å². The SMILES string of the molecule is CCC(C)C(C)C(C)C1CCC1C(C)C. The maximum atomic E-state index is 2.50. The Kier molecular flexibility index (Phi) is 4.67. The Bertz CT molecular complexity index is 182. The summed E-state index contributed by atoms with van der Waals surface area (Å²) in [4.78, 5) is 0. The molecule has 0 bridgehead atoms. The smallest absolute Gasteiger partial charge is 0.0355 e. The molecule has 5 atom stereocenters. The second-order valence-corrected chi connectivity index (χ2v) is 6.25. The second kappa shape index (κ2) is 5.37.